The number of para-hydroxylation sites is 1. The van der Waals surface area contributed by atoms with Gasteiger partial charge in [0.15, 0.2) is 0 Å². The van der Waals surface area contributed by atoms with Gasteiger partial charge in [-0.1, -0.05) is 25.1 Å². The first-order chi connectivity index (χ1) is 9.69. The normalized spacial score (nSPS) is 17.1. The highest BCUT2D eigenvalue weighted by atomic mass is 16.1. The van der Waals surface area contributed by atoms with E-state index in [9.17, 15) is 4.79 Å². The summed E-state index contributed by atoms with van der Waals surface area (Å²) in [7, 11) is 0. The number of nitrogens with one attached hydrogen (secondary N) is 1. The molecule has 4 heteroatoms. The van der Waals surface area contributed by atoms with E-state index < -0.39 is 0 Å². The fourth-order valence-electron chi connectivity index (χ4n) is 2.70. The third-order valence-corrected chi connectivity index (χ3v) is 4.08. The zero-order valence-corrected chi connectivity index (χ0v) is 12.3. The van der Waals surface area contributed by atoms with Crippen molar-refractivity contribution in [2.24, 2.45) is 0 Å². The molecule has 0 radical (unpaired) electrons. The van der Waals surface area contributed by atoms with Gasteiger partial charge in [0.25, 0.3) is 0 Å². The topological polar surface area (TPSA) is 58.4 Å². The molecule has 0 unspecified atom stereocenters. The first-order valence-electron chi connectivity index (χ1n) is 7.54. The van der Waals surface area contributed by atoms with Gasteiger partial charge in [-0.2, -0.15) is 0 Å². The molecule has 0 aliphatic carbocycles. The maximum Gasteiger partial charge on any atom is 0.220 e. The highest BCUT2D eigenvalue weighted by Crippen LogP contribution is 2.13. The summed E-state index contributed by atoms with van der Waals surface area (Å²) in [5.74, 6) is 0.142. The molecule has 1 heterocycles. The molecule has 1 saturated heterocycles. The molecular weight excluding hydrogens is 250 g/mol. The van der Waals surface area contributed by atoms with Crippen LogP contribution in [0.1, 0.15) is 31.7 Å². The molecule has 1 fully saturated rings. The number of hydrogen-bond acceptors (Lipinski definition) is 3. The van der Waals surface area contributed by atoms with E-state index >= 15 is 0 Å². The molecule has 1 aliphatic heterocycles. The van der Waals surface area contributed by atoms with Crippen LogP contribution in [0.2, 0.25) is 0 Å². The average molecular weight is 275 g/mol. The van der Waals surface area contributed by atoms with Crippen LogP contribution in [-0.4, -0.2) is 36.5 Å². The van der Waals surface area contributed by atoms with Crippen molar-refractivity contribution in [3.63, 3.8) is 0 Å². The Balaban J connectivity index is 1.72. The van der Waals surface area contributed by atoms with Crippen LogP contribution < -0.4 is 11.1 Å². The number of carbonyl (C=O) groups is 1. The summed E-state index contributed by atoms with van der Waals surface area (Å²) in [6, 6.07) is 8.10. The molecule has 1 amide bonds. The van der Waals surface area contributed by atoms with Crippen LogP contribution in [0, 0.1) is 0 Å². The highest BCUT2D eigenvalue weighted by molar-refractivity contribution is 5.76. The van der Waals surface area contributed by atoms with Crippen molar-refractivity contribution in [2.75, 3.05) is 25.4 Å². The number of nitrogens with two attached hydrogens (primary N) is 1. The monoisotopic (exact) mass is 275 g/mol. The van der Waals surface area contributed by atoms with E-state index in [-0.39, 0.29) is 5.91 Å². The second kappa shape index (κ2) is 7.29. The molecule has 1 aliphatic rings. The van der Waals surface area contributed by atoms with Gasteiger partial charge in [0, 0.05) is 31.2 Å². The van der Waals surface area contributed by atoms with E-state index in [0.717, 1.165) is 43.7 Å². The maximum absolute atomic E-state index is 12.0. The zero-order chi connectivity index (χ0) is 14.4. The average Bonchev–Trinajstić information content (AvgIpc) is 2.47. The fourth-order valence-corrected chi connectivity index (χ4v) is 2.70. The van der Waals surface area contributed by atoms with Gasteiger partial charge in [-0.25, -0.2) is 0 Å². The minimum Gasteiger partial charge on any atom is -0.399 e. The van der Waals surface area contributed by atoms with Gasteiger partial charge in [-0.15, -0.1) is 0 Å². The van der Waals surface area contributed by atoms with Gasteiger partial charge in [0.05, 0.1) is 0 Å². The Kier molecular flexibility index (Phi) is 5.41. The summed E-state index contributed by atoms with van der Waals surface area (Å²) < 4.78 is 0. The van der Waals surface area contributed by atoms with Crippen LogP contribution in [0.25, 0.3) is 0 Å². The lowest BCUT2D eigenvalue weighted by atomic mass is 10.0. The van der Waals surface area contributed by atoms with E-state index in [1.165, 1.54) is 0 Å². The van der Waals surface area contributed by atoms with Crippen LogP contribution in [0.4, 0.5) is 5.69 Å². The Morgan fingerprint density at radius 1 is 1.35 bits per heavy atom. The van der Waals surface area contributed by atoms with Crippen molar-refractivity contribution < 1.29 is 4.79 Å². The first-order valence-corrected chi connectivity index (χ1v) is 7.54. The number of nitrogen functional groups attached to an aromatic ring is 1. The SMILES string of the molecule is CCN1CCC(NC(=O)CCc2ccccc2N)CC1. The Labute approximate surface area is 121 Å². The number of nitrogens with zero attached hydrogens (tertiary/aromatic N) is 1. The molecule has 0 aromatic heterocycles. The van der Waals surface area contributed by atoms with Crippen LogP contribution >= 0.6 is 0 Å². The molecule has 0 atom stereocenters. The van der Waals surface area contributed by atoms with Gasteiger partial charge in [0.2, 0.25) is 5.91 Å². The number of carbonyl (C=O) groups excluding carboxylic acids is 1. The van der Waals surface area contributed by atoms with Crippen LogP contribution in [0.5, 0.6) is 0 Å². The number of hydrogen-bond donors (Lipinski definition) is 2. The molecule has 3 N–H and O–H groups in total. The molecule has 1 aromatic rings. The van der Waals surface area contributed by atoms with Crippen LogP contribution in [0.3, 0.4) is 0 Å². The number of likely N-dealkylation sites (tertiary alicyclic amines) is 1. The summed E-state index contributed by atoms with van der Waals surface area (Å²) in [5, 5.41) is 3.15. The van der Waals surface area contributed by atoms with Crippen molar-refractivity contribution in [2.45, 2.75) is 38.6 Å². The van der Waals surface area contributed by atoms with Gasteiger partial charge >= 0.3 is 0 Å². The Bertz CT molecular complexity index is 439. The van der Waals surface area contributed by atoms with E-state index in [1.54, 1.807) is 0 Å². The van der Waals surface area contributed by atoms with Crippen molar-refractivity contribution in [1.82, 2.24) is 10.2 Å². The lowest BCUT2D eigenvalue weighted by Gasteiger charge is -2.31. The smallest absolute Gasteiger partial charge is 0.220 e. The molecule has 0 spiro atoms. The Morgan fingerprint density at radius 3 is 2.70 bits per heavy atom. The Hall–Kier alpha value is -1.55. The van der Waals surface area contributed by atoms with E-state index in [1.807, 2.05) is 24.3 Å². The van der Waals surface area contributed by atoms with Crippen molar-refractivity contribution in [3.8, 4) is 0 Å². The minimum absolute atomic E-state index is 0.142. The van der Waals surface area contributed by atoms with Crippen LogP contribution in [0.15, 0.2) is 24.3 Å². The maximum atomic E-state index is 12.0. The summed E-state index contributed by atoms with van der Waals surface area (Å²) >= 11 is 0. The van der Waals surface area contributed by atoms with Gasteiger partial charge < -0.3 is 16.0 Å². The number of benzene rings is 1. The van der Waals surface area contributed by atoms with E-state index in [4.69, 9.17) is 5.73 Å². The predicted octanol–water partition coefficient (Wildman–Crippen LogP) is 1.80. The van der Waals surface area contributed by atoms with Crippen molar-refractivity contribution >= 4 is 11.6 Å². The quantitative estimate of drug-likeness (QED) is 0.806. The van der Waals surface area contributed by atoms with Gasteiger partial charge in [-0.05, 0) is 37.4 Å². The molecule has 2 rings (SSSR count). The Morgan fingerprint density at radius 2 is 2.05 bits per heavy atom. The second-order valence-corrected chi connectivity index (χ2v) is 5.47. The molecule has 0 saturated carbocycles. The number of amides is 1. The third-order valence-electron chi connectivity index (χ3n) is 4.08. The number of anilines is 1. The zero-order valence-electron chi connectivity index (χ0n) is 12.3. The first kappa shape index (κ1) is 14.9. The largest absolute Gasteiger partial charge is 0.399 e. The molecule has 110 valence electrons. The minimum atomic E-state index is 0.142. The third kappa shape index (κ3) is 4.23. The predicted molar refractivity (Wildman–Crippen MR) is 82.5 cm³/mol. The van der Waals surface area contributed by atoms with Gasteiger partial charge in [0.1, 0.15) is 0 Å². The number of aryl methyl sites for hydroxylation is 1. The fraction of sp³-hybridized carbons (Fsp3) is 0.562. The molecule has 1 aromatic carbocycles. The number of rotatable bonds is 5. The highest BCUT2D eigenvalue weighted by Gasteiger charge is 2.19. The molecule has 0 bridgehead atoms. The molecular formula is C16H25N3O. The van der Waals surface area contributed by atoms with Gasteiger partial charge in [-0.3, -0.25) is 4.79 Å². The van der Waals surface area contributed by atoms with E-state index in [0.29, 0.717) is 18.9 Å². The number of piperidine rings is 1. The lowest BCUT2D eigenvalue weighted by Crippen LogP contribution is -2.44. The summed E-state index contributed by atoms with van der Waals surface area (Å²) in [5.41, 5.74) is 7.72. The van der Waals surface area contributed by atoms with Crippen molar-refractivity contribution in [3.05, 3.63) is 29.8 Å². The molecule has 4 nitrogen and oxygen atoms in total. The summed E-state index contributed by atoms with van der Waals surface area (Å²) in [4.78, 5) is 14.4. The van der Waals surface area contributed by atoms with Crippen molar-refractivity contribution in [1.29, 1.82) is 0 Å². The summed E-state index contributed by atoms with van der Waals surface area (Å²) in [6.07, 6.45) is 3.36. The second-order valence-electron chi connectivity index (χ2n) is 5.47. The summed E-state index contributed by atoms with van der Waals surface area (Å²) in [6.45, 7) is 5.47. The standard InChI is InChI=1S/C16H25N3O/c1-2-19-11-9-14(10-12-19)18-16(20)8-7-13-5-3-4-6-15(13)17/h3-6,14H,2,7-12,17H2,1H3,(H,18,20). The lowest BCUT2D eigenvalue weighted by molar-refractivity contribution is -0.122. The molecule has 20 heavy (non-hydrogen) atoms. The van der Waals surface area contributed by atoms with Crippen LogP contribution in [-0.2, 0) is 11.2 Å². The van der Waals surface area contributed by atoms with E-state index in [2.05, 4.69) is 17.1 Å².